The van der Waals surface area contributed by atoms with Crippen LogP contribution in [-0.4, -0.2) is 52.3 Å². The van der Waals surface area contributed by atoms with Gasteiger partial charge in [-0.2, -0.15) is 0 Å². The van der Waals surface area contributed by atoms with Gasteiger partial charge in [-0.3, -0.25) is 9.80 Å². The molecule has 0 amide bonds. The van der Waals surface area contributed by atoms with E-state index in [1.54, 1.807) is 12.1 Å². The number of aliphatic hydroxyl groups excluding tert-OH is 1. The van der Waals surface area contributed by atoms with Gasteiger partial charge in [0.25, 0.3) is 0 Å². The molecule has 0 spiro atoms. The van der Waals surface area contributed by atoms with Crippen molar-refractivity contribution in [3.05, 3.63) is 64.9 Å². The van der Waals surface area contributed by atoms with E-state index < -0.39 is 0 Å². The first-order valence-electron chi connectivity index (χ1n) is 10.5. The van der Waals surface area contributed by atoms with Crippen LogP contribution >= 0.6 is 0 Å². The Morgan fingerprint density at radius 1 is 1.03 bits per heavy atom. The van der Waals surface area contributed by atoms with Crippen molar-refractivity contribution in [2.75, 3.05) is 26.2 Å². The van der Waals surface area contributed by atoms with Crippen LogP contribution in [0.4, 0.5) is 8.78 Å². The van der Waals surface area contributed by atoms with Crippen molar-refractivity contribution in [2.45, 2.75) is 37.9 Å². The average molecular weight is 413 g/mol. The van der Waals surface area contributed by atoms with Gasteiger partial charge in [-0.1, -0.05) is 11.2 Å². The van der Waals surface area contributed by atoms with E-state index in [0.29, 0.717) is 5.58 Å². The van der Waals surface area contributed by atoms with Crippen LogP contribution in [0, 0.1) is 11.6 Å². The Hall–Kier alpha value is -2.35. The molecule has 0 saturated carbocycles. The number of benzene rings is 2. The minimum absolute atomic E-state index is 0.0493. The van der Waals surface area contributed by atoms with Crippen molar-refractivity contribution in [3.63, 3.8) is 0 Å². The summed E-state index contributed by atoms with van der Waals surface area (Å²) in [5.74, 6) is -0.247. The third-order valence-electron chi connectivity index (χ3n) is 6.53. The number of aliphatic hydroxyl groups is 1. The minimum atomic E-state index is -0.322. The molecule has 0 radical (unpaired) electrons. The zero-order valence-corrected chi connectivity index (χ0v) is 16.7. The Labute approximate surface area is 173 Å². The molecule has 1 saturated heterocycles. The highest BCUT2D eigenvalue weighted by atomic mass is 19.1. The molecule has 1 N–H and O–H groups in total. The summed E-state index contributed by atoms with van der Waals surface area (Å²) in [7, 11) is 0. The lowest BCUT2D eigenvalue weighted by Crippen LogP contribution is -2.48. The zero-order chi connectivity index (χ0) is 20.7. The van der Waals surface area contributed by atoms with Crippen molar-refractivity contribution in [3.8, 4) is 0 Å². The number of hydrogen-bond acceptors (Lipinski definition) is 5. The molecule has 0 aliphatic carbocycles. The van der Waals surface area contributed by atoms with E-state index in [1.807, 2.05) is 6.07 Å². The predicted octanol–water partition coefficient (Wildman–Crippen LogP) is 3.66. The molecule has 5 nitrogen and oxygen atoms in total. The number of aromatic nitrogens is 1. The third-order valence-corrected chi connectivity index (χ3v) is 6.53. The fourth-order valence-corrected chi connectivity index (χ4v) is 4.91. The van der Waals surface area contributed by atoms with Crippen molar-refractivity contribution in [2.24, 2.45) is 0 Å². The first-order chi connectivity index (χ1) is 14.6. The lowest BCUT2D eigenvalue weighted by molar-refractivity contribution is 0.0672. The SMILES string of the molecule is OCC(CN1Cc2ccc(F)cc2C1)N1CCC(c2noc3cc(F)ccc23)CC1. The van der Waals surface area contributed by atoms with Gasteiger partial charge in [0.2, 0.25) is 0 Å². The van der Waals surface area contributed by atoms with E-state index in [-0.39, 0.29) is 30.2 Å². The monoisotopic (exact) mass is 413 g/mol. The summed E-state index contributed by atoms with van der Waals surface area (Å²) in [5, 5.41) is 15.1. The molecule has 0 bridgehead atoms. The summed E-state index contributed by atoms with van der Waals surface area (Å²) in [5.41, 5.74) is 3.61. The average Bonchev–Trinajstić information content (AvgIpc) is 3.35. The highest BCUT2D eigenvalue weighted by Gasteiger charge is 2.30. The molecule has 30 heavy (non-hydrogen) atoms. The maximum absolute atomic E-state index is 13.5. The Balaban J connectivity index is 1.21. The maximum Gasteiger partial charge on any atom is 0.170 e. The molecule has 1 atom stereocenters. The number of likely N-dealkylation sites (tertiary alicyclic amines) is 1. The molecule has 7 heteroatoms. The fraction of sp³-hybridized carbons (Fsp3) is 0.435. The molecule has 3 aromatic rings. The van der Waals surface area contributed by atoms with Gasteiger partial charge in [-0.25, -0.2) is 8.78 Å². The summed E-state index contributed by atoms with van der Waals surface area (Å²) in [6.45, 7) is 4.09. The number of piperidine rings is 1. The standard InChI is InChI=1S/C23H25F2N3O2/c24-18-2-1-16-11-27(12-17(16)9-18)13-20(14-29)28-7-5-15(6-8-28)23-21-4-3-19(25)10-22(21)30-26-23/h1-4,9-10,15,20,29H,5-8,11-14H2. The van der Waals surface area contributed by atoms with Gasteiger partial charge < -0.3 is 9.63 Å². The van der Waals surface area contributed by atoms with Crippen molar-refractivity contribution in [1.82, 2.24) is 15.0 Å². The number of rotatable bonds is 5. The van der Waals surface area contributed by atoms with Gasteiger partial charge >= 0.3 is 0 Å². The van der Waals surface area contributed by atoms with Crippen LogP contribution < -0.4 is 0 Å². The van der Waals surface area contributed by atoms with Crippen LogP contribution in [0.25, 0.3) is 11.0 Å². The summed E-state index contributed by atoms with van der Waals surface area (Å²) in [4.78, 5) is 4.61. The molecule has 2 aliphatic rings. The van der Waals surface area contributed by atoms with Gasteiger partial charge in [0.1, 0.15) is 11.6 Å². The highest BCUT2D eigenvalue weighted by molar-refractivity contribution is 5.79. The quantitative estimate of drug-likeness (QED) is 0.692. The van der Waals surface area contributed by atoms with E-state index in [4.69, 9.17) is 4.52 Å². The molecule has 1 fully saturated rings. The van der Waals surface area contributed by atoms with Gasteiger partial charge in [-0.05, 0) is 61.3 Å². The van der Waals surface area contributed by atoms with E-state index in [9.17, 15) is 13.9 Å². The van der Waals surface area contributed by atoms with E-state index in [2.05, 4.69) is 15.0 Å². The summed E-state index contributed by atoms with van der Waals surface area (Å²) >= 11 is 0. The zero-order valence-electron chi connectivity index (χ0n) is 16.7. The first kappa shape index (κ1) is 19.6. The van der Waals surface area contributed by atoms with Crippen LogP contribution in [0.2, 0.25) is 0 Å². The molecule has 1 unspecified atom stereocenters. The van der Waals surface area contributed by atoms with Crippen LogP contribution in [-0.2, 0) is 13.1 Å². The molecule has 2 aromatic carbocycles. The summed E-state index contributed by atoms with van der Waals surface area (Å²) in [6.07, 6.45) is 1.84. The Morgan fingerprint density at radius 2 is 1.77 bits per heavy atom. The van der Waals surface area contributed by atoms with Crippen molar-refractivity contribution >= 4 is 11.0 Å². The fourth-order valence-electron chi connectivity index (χ4n) is 4.91. The topological polar surface area (TPSA) is 52.7 Å². The smallest absolute Gasteiger partial charge is 0.170 e. The minimum Gasteiger partial charge on any atom is -0.395 e. The van der Waals surface area contributed by atoms with Crippen molar-refractivity contribution in [1.29, 1.82) is 0 Å². The molecule has 3 heterocycles. The first-order valence-corrected chi connectivity index (χ1v) is 10.5. The Morgan fingerprint density at radius 3 is 2.57 bits per heavy atom. The number of fused-ring (bicyclic) bond motifs is 2. The van der Waals surface area contributed by atoms with E-state index in [1.165, 1.54) is 23.8 Å². The predicted molar refractivity (Wildman–Crippen MR) is 109 cm³/mol. The van der Waals surface area contributed by atoms with E-state index >= 15 is 0 Å². The molecular formula is C23H25F2N3O2. The van der Waals surface area contributed by atoms with Crippen LogP contribution in [0.3, 0.4) is 0 Å². The molecule has 2 aliphatic heterocycles. The number of halogens is 2. The second-order valence-electron chi connectivity index (χ2n) is 8.44. The Kier molecular flexibility index (Phi) is 5.26. The molecule has 158 valence electrons. The molecule has 1 aromatic heterocycles. The van der Waals surface area contributed by atoms with Crippen LogP contribution in [0.15, 0.2) is 40.9 Å². The largest absolute Gasteiger partial charge is 0.395 e. The normalized spacial score (nSPS) is 19.4. The third kappa shape index (κ3) is 3.73. The van der Waals surface area contributed by atoms with Crippen LogP contribution in [0.1, 0.15) is 35.6 Å². The highest BCUT2D eigenvalue weighted by Crippen LogP contribution is 2.33. The Bertz CT molecular complexity index is 1050. The van der Waals surface area contributed by atoms with E-state index in [0.717, 1.165) is 62.2 Å². The second-order valence-corrected chi connectivity index (χ2v) is 8.44. The van der Waals surface area contributed by atoms with Gasteiger partial charge in [0.15, 0.2) is 5.58 Å². The molecular weight excluding hydrogens is 388 g/mol. The van der Waals surface area contributed by atoms with Crippen molar-refractivity contribution < 1.29 is 18.4 Å². The van der Waals surface area contributed by atoms with Gasteiger partial charge in [-0.15, -0.1) is 0 Å². The number of nitrogens with zero attached hydrogens (tertiary/aromatic N) is 3. The lowest BCUT2D eigenvalue weighted by Gasteiger charge is -2.38. The molecule has 5 rings (SSSR count). The van der Waals surface area contributed by atoms with Crippen LogP contribution in [0.5, 0.6) is 0 Å². The summed E-state index contributed by atoms with van der Waals surface area (Å²) < 4.78 is 32.2. The van der Waals surface area contributed by atoms with Gasteiger partial charge in [0, 0.05) is 43.0 Å². The van der Waals surface area contributed by atoms with Gasteiger partial charge in [0.05, 0.1) is 12.3 Å². The number of hydrogen-bond donors (Lipinski definition) is 1. The lowest BCUT2D eigenvalue weighted by atomic mass is 9.91. The maximum atomic E-state index is 13.5. The second kappa shape index (κ2) is 8.06. The summed E-state index contributed by atoms with van der Waals surface area (Å²) in [6, 6.07) is 9.60.